The second kappa shape index (κ2) is 14.3. The van der Waals surface area contributed by atoms with Gasteiger partial charge in [-0.05, 0) is 59.9 Å². The highest BCUT2D eigenvalue weighted by Gasteiger charge is 2.33. The number of sulfonamides is 1. The van der Waals surface area contributed by atoms with Crippen molar-refractivity contribution in [3.63, 3.8) is 0 Å². The minimum absolute atomic E-state index is 0.135. The highest BCUT2D eigenvalue weighted by molar-refractivity contribution is 9.10. The van der Waals surface area contributed by atoms with Gasteiger partial charge < -0.3 is 10.2 Å². The first-order valence-electron chi connectivity index (χ1n) is 12.9. The minimum Gasteiger partial charge on any atom is -0.354 e. The Morgan fingerprint density at radius 1 is 0.925 bits per heavy atom. The fourth-order valence-corrected chi connectivity index (χ4v) is 5.51. The Morgan fingerprint density at radius 3 is 2.15 bits per heavy atom. The monoisotopic (exact) mass is 691 g/mol. The fourth-order valence-electron chi connectivity index (χ4n) is 4.16. The van der Waals surface area contributed by atoms with Crippen LogP contribution in [0.1, 0.15) is 30.5 Å². The summed E-state index contributed by atoms with van der Waals surface area (Å²) in [6.45, 7) is 6.00. The van der Waals surface area contributed by atoms with Gasteiger partial charge in [-0.2, -0.15) is 0 Å². The van der Waals surface area contributed by atoms with Crippen LogP contribution in [0.4, 0.5) is 5.69 Å². The molecule has 10 heteroatoms. The van der Waals surface area contributed by atoms with E-state index in [-0.39, 0.29) is 24.8 Å². The van der Waals surface area contributed by atoms with E-state index in [0.717, 1.165) is 36.2 Å². The zero-order valence-electron chi connectivity index (χ0n) is 23.1. The van der Waals surface area contributed by atoms with Crippen LogP contribution in [-0.2, 0) is 32.6 Å². The van der Waals surface area contributed by atoms with Gasteiger partial charge in [0, 0.05) is 28.5 Å². The topological polar surface area (TPSA) is 86.8 Å². The average molecular weight is 694 g/mol. The molecule has 40 heavy (non-hydrogen) atoms. The van der Waals surface area contributed by atoms with E-state index in [1.54, 1.807) is 18.2 Å². The predicted molar refractivity (Wildman–Crippen MR) is 168 cm³/mol. The van der Waals surface area contributed by atoms with Crippen LogP contribution in [0.2, 0.25) is 0 Å². The molecule has 0 radical (unpaired) electrons. The van der Waals surface area contributed by atoms with Crippen LogP contribution in [0.5, 0.6) is 0 Å². The molecular weight excluding hydrogens is 658 g/mol. The molecule has 214 valence electrons. The number of nitrogens with zero attached hydrogens (tertiary/aromatic N) is 2. The van der Waals surface area contributed by atoms with E-state index in [1.165, 1.54) is 4.90 Å². The lowest BCUT2D eigenvalue weighted by atomic mass is 10.0. The van der Waals surface area contributed by atoms with Crippen LogP contribution in [0, 0.1) is 12.8 Å². The number of amides is 2. The van der Waals surface area contributed by atoms with Gasteiger partial charge in [-0.25, -0.2) is 8.42 Å². The van der Waals surface area contributed by atoms with Gasteiger partial charge in [-0.1, -0.05) is 88.2 Å². The first-order chi connectivity index (χ1) is 18.8. The predicted octanol–water partition coefficient (Wildman–Crippen LogP) is 5.70. The molecule has 1 N–H and O–H groups in total. The molecule has 0 aromatic heterocycles. The van der Waals surface area contributed by atoms with Crippen molar-refractivity contribution in [2.24, 2.45) is 5.92 Å². The van der Waals surface area contributed by atoms with E-state index >= 15 is 0 Å². The Balaban J connectivity index is 2.05. The molecule has 0 saturated heterocycles. The van der Waals surface area contributed by atoms with E-state index in [0.29, 0.717) is 12.2 Å². The largest absolute Gasteiger partial charge is 0.354 e. The standard InChI is InChI=1S/C30H35Br2N3O4S/c1-21(2)18-33-30(37)28(17-23-8-6-5-7-9-23)34(19-24-10-12-25(31)13-11-24)29(36)20-35(40(4,38)39)26-14-15-27(32)22(3)16-26/h5-16,21,28H,17-20H2,1-4H3,(H,33,37)/t28-/m1/s1. The summed E-state index contributed by atoms with van der Waals surface area (Å²) in [5.74, 6) is -0.540. The third-order valence-corrected chi connectivity index (χ3v) is 8.89. The number of benzene rings is 3. The number of nitrogens with one attached hydrogen (secondary N) is 1. The molecule has 0 spiro atoms. The smallest absolute Gasteiger partial charge is 0.244 e. The quantitative estimate of drug-likeness (QED) is 0.264. The lowest BCUT2D eigenvalue weighted by Gasteiger charge is -2.33. The third-order valence-electron chi connectivity index (χ3n) is 6.33. The van der Waals surface area contributed by atoms with E-state index < -0.39 is 28.5 Å². The molecule has 0 saturated carbocycles. The number of carbonyl (C=O) groups is 2. The number of aryl methyl sites for hydroxylation is 1. The van der Waals surface area contributed by atoms with Gasteiger partial charge in [0.2, 0.25) is 21.8 Å². The molecule has 0 aliphatic carbocycles. The third kappa shape index (κ3) is 9.17. The summed E-state index contributed by atoms with van der Waals surface area (Å²) in [5.41, 5.74) is 2.92. The second-order valence-corrected chi connectivity index (χ2v) is 13.9. The van der Waals surface area contributed by atoms with Crippen molar-refractivity contribution in [1.82, 2.24) is 10.2 Å². The first kappa shape index (κ1) is 31.8. The summed E-state index contributed by atoms with van der Waals surface area (Å²) in [7, 11) is -3.82. The molecule has 3 rings (SSSR count). The minimum atomic E-state index is -3.82. The van der Waals surface area contributed by atoms with Crippen molar-refractivity contribution < 1.29 is 18.0 Å². The summed E-state index contributed by atoms with van der Waals surface area (Å²) < 4.78 is 28.6. The van der Waals surface area contributed by atoms with Gasteiger partial charge in [0.05, 0.1) is 11.9 Å². The van der Waals surface area contributed by atoms with Gasteiger partial charge in [0.1, 0.15) is 12.6 Å². The van der Waals surface area contributed by atoms with Crippen molar-refractivity contribution in [2.45, 2.75) is 39.8 Å². The van der Waals surface area contributed by atoms with Gasteiger partial charge >= 0.3 is 0 Å². The number of hydrogen-bond donors (Lipinski definition) is 1. The molecule has 0 bridgehead atoms. The Morgan fingerprint density at radius 2 is 1.57 bits per heavy atom. The maximum absolute atomic E-state index is 14.1. The molecule has 0 heterocycles. The zero-order chi connectivity index (χ0) is 29.4. The Bertz CT molecular complexity index is 1410. The van der Waals surface area contributed by atoms with Gasteiger partial charge in [-0.3, -0.25) is 13.9 Å². The molecule has 0 aliphatic heterocycles. The highest BCUT2D eigenvalue weighted by atomic mass is 79.9. The lowest BCUT2D eigenvalue weighted by molar-refractivity contribution is -0.140. The van der Waals surface area contributed by atoms with E-state index in [2.05, 4.69) is 37.2 Å². The van der Waals surface area contributed by atoms with Crippen LogP contribution < -0.4 is 9.62 Å². The second-order valence-electron chi connectivity index (χ2n) is 10.2. The van der Waals surface area contributed by atoms with Crippen LogP contribution in [-0.4, -0.2) is 50.5 Å². The summed E-state index contributed by atoms with van der Waals surface area (Å²) in [5, 5.41) is 2.98. The van der Waals surface area contributed by atoms with Crippen molar-refractivity contribution in [2.75, 3.05) is 23.7 Å². The summed E-state index contributed by atoms with van der Waals surface area (Å²) in [4.78, 5) is 29.2. The number of halogens is 2. The first-order valence-corrected chi connectivity index (χ1v) is 16.4. The fraction of sp³-hybridized carbons (Fsp3) is 0.333. The molecular formula is C30H35Br2N3O4S. The lowest BCUT2D eigenvalue weighted by Crippen LogP contribution is -2.53. The molecule has 1 atom stereocenters. The summed E-state index contributed by atoms with van der Waals surface area (Å²) >= 11 is 6.89. The van der Waals surface area contributed by atoms with Gasteiger partial charge in [0.25, 0.3) is 0 Å². The van der Waals surface area contributed by atoms with Crippen LogP contribution in [0.3, 0.4) is 0 Å². The molecule has 0 unspecified atom stereocenters. The Kier molecular flexibility index (Phi) is 11.4. The van der Waals surface area contributed by atoms with Crippen molar-refractivity contribution in [1.29, 1.82) is 0 Å². The van der Waals surface area contributed by atoms with Crippen molar-refractivity contribution in [3.8, 4) is 0 Å². The van der Waals surface area contributed by atoms with Gasteiger partial charge in [0.15, 0.2) is 0 Å². The summed E-state index contributed by atoms with van der Waals surface area (Å²) in [6, 6.07) is 21.3. The molecule has 3 aromatic rings. The van der Waals surface area contributed by atoms with Gasteiger partial charge in [-0.15, -0.1) is 0 Å². The van der Waals surface area contributed by atoms with E-state index in [4.69, 9.17) is 0 Å². The number of carbonyl (C=O) groups excluding carboxylic acids is 2. The van der Waals surface area contributed by atoms with Crippen LogP contribution >= 0.6 is 31.9 Å². The average Bonchev–Trinajstić information content (AvgIpc) is 2.90. The number of rotatable bonds is 12. The van der Waals surface area contributed by atoms with Crippen LogP contribution in [0.25, 0.3) is 0 Å². The molecule has 3 aromatic carbocycles. The normalized spacial score (nSPS) is 12.2. The molecule has 2 amide bonds. The maximum Gasteiger partial charge on any atom is 0.244 e. The molecule has 0 fully saturated rings. The highest BCUT2D eigenvalue weighted by Crippen LogP contribution is 2.25. The molecule has 7 nitrogen and oxygen atoms in total. The van der Waals surface area contributed by atoms with Crippen LogP contribution in [0.15, 0.2) is 81.7 Å². The number of anilines is 1. The van der Waals surface area contributed by atoms with Crippen molar-refractivity contribution in [3.05, 3.63) is 98.4 Å². The SMILES string of the molecule is Cc1cc(N(CC(=O)N(Cc2ccc(Br)cc2)[C@H](Cc2ccccc2)C(=O)NCC(C)C)S(C)(=O)=O)ccc1Br. The summed E-state index contributed by atoms with van der Waals surface area (Å²) in [6.07, 6.45) is 1.36. The van der Waals surface area contributed by atoms with Crippen molar-refractivity contribution >= 4 is 59.4 Å². The Hall–Kier alpha value is -2.69. The maximum atomic E-state index is 14.1. The van der Waals surface area contributed by atoms with E-state index in [9.17, 15) is 18.0 Å². The zero-order valence-corrected chi connectivity index (χ0v) is 27.1. The molecule has 0 aliphatic rings. The Labute approximate surface area is 254 Å². The number of hydrogen-bond acceptors (Lipinski definition) is 4. The van der Waals surface area contributed by atoms with E-state index in [1.807, 2.05) is 75.4 Å².